The summed E-state index contributed by atoms with van der Waals surface area (Å²) < 4.78 is 0. The van der Waals surface area contributed by atoms with Gasteiger partial charge in [0.25, 0.3) is 5.91 Å². The number of hydrogen-bond acceptors (Lipinski definition) is 4. The Morgan fingerprint density at radius 2 is 2.11 bits per heavy atom. The van der Waals surface area contributed by atoms with E-state index in [1.165, 1.54) is 15.9 Å². The third-order valence-corrected chi connectivity index (χ3v) is 2.94. The van der Waals surface area contributed by atoms with Gasteiger partial charge < -0.3 is 10.0 Å². The predicted octanol–water partition coefficient (Wildman–Crippen LogP) is 0.720. The summed E-state index contributed by atoms with van der Waals surface area (Å²) in [5.74, 6) is -0.260. The van der Waals surface area contributed by atoms with Crippen molar-refractivity contribution in [3.05, 3.63) is 42.2 Å². The number of para-hydroxylation sites is 1. The average molecular weight is 260 g/mol. The molecule has 1 aromatic heterocycles. The van der Waals surface area contributed by atoms with E-state index >= 15 is 0 Å². The Kier molecular flexibility index (Phi) is 3.91. The molecule has 6 heteroatoms. The van der Waals surface area contributed by atoms with Crippen LogP contribution in [0.4, 0.5) is 0 Å². The van der Waals surface area contributed by atoms with E-state index in [-0.39, 0.29) is 24.2 Å². The Labute approximate surface area is 111 Å². The molecule has 0 saturated heterocycles. The minimum atomic E-state index is -0.260. The molecule has 0 fully saturated rings. The fourth-order valence-corrected chi connectivity index (χ4v) is 1.55. The Balaban J connectivity index is 2.20. The largest absolute Gasteiger partial charge is 0.394 e. The number of hydrogen-bond donors (Lipinski definition) is 1. The van der Waals surface area contributed by atoms with Gasteiger partial charge in [0.15, 0.2) is 5.69 Å². The lowest BCUT2D eigenvalue weighted by Crippen LogP contribution is -2.37. The van der Waals surface area contributed by atoms with E-state index in [4.69, 9.17) is 5.11 Å². The molecule has 1 unspecified atom stereocenters. The van der Waals surface area contributed by atoms with Crippen LogP contribution in [0.1, 0.15) is 17.4 Å². The van der Waals surface area contributed by atoms with Crippen LogP contribution in [-0.2, 0) is 0 Å². The summed E-state index contributed by atoms with van der Waals surface area (Å²) in [6.07, 6.45) is 1.43. The number of likely N-dealkylation sites (N-methyl/N-ethyl adjacent to an activating group) is 1. The van der Waals surface area contributed by atoms with Crippen molar-refractivity contribution in [3.8, 4) is 5.69 Å². The van der Waals surface area contributed by atoms with E-state index in [0.29, 0.717) is 0 Å². The van der Waals surface area contributed by atoms with Gasteiger partial charge in [0, 0.05) is 7.05 Å². The first-order valence-electron chi connectivity index (χ1n) is 5.99. The number of carbonyl (C=O) groups excluding carboxylic acids is 1. The van der Waals surface area contributed by atoms with E-state index in [1.807, 2.05) is 30.3 Å². The van der Waals surface area contributed by atoms with Crippen molar-refractivity contribution in [1.82, 2.24) is 19.9 Å². The highest BCUT2D eigenvalue weighted by Crippen LogP contribution is 2.07. The maximum atomic E-state index is 12.1. The third kappa shape index (κ3) is 2.79. The van der Waals surface area contributed by atoms with Gasteiger partial charge in [-0.05, 0) is 19.1 Å². The maximum absolute atomic E-state index is 12.1. The first-order valence-corrected chi connectivity index (χ1v) is 5.99. The van der Waals surface area contributed by atoms with Gasteiger partial charge in [-0.25, -0.2) is 0 Å². The van der Waals surface area contributed by atoms with Crippen LogP contribution in [0.3, 0.4) is 0 Å². The topological polar surface area (TPSA) is 71.2 Å². The van der Waals surface area contributed by atoms with Crippen molar-refractivity contribution in [2.45, 2.75) is 13.0 Å². The molecule has 6 nitrogen and oxygen atoms in total. The number of aliphatic hydroxyl groups excluding tert-OH is 1. The number of amides is 1. The van der Waals surface area contributed by atoms with Gasteiger partial charge in [-0.3, -0.25) is 4.79 Å². The van der Waals surface area contributed by atoms with Crippen LogP contribution in [0.15, 0.2) is 36.5 Å². The zero-order chi connectivity index (χ0) is 13.8. The molecule has 0 aliphatic heterocycles. The number of aliphatic hydroxyl groups is 1. The smallest absolute Gasteiger partial charge is 0.276 e. The van der Waals surface area contributed by atoms with Crippen molar-refractivity contribution < 1.29 is 9.90 Å². The minimum Gasteiger partial charge on any atom is -0.394 e. The molecule has 1 aromatic carbocycles. The second-order valence-corrected chi connectivity index (χ2v) is 4.30. The molecule has 1 amide bonds. The highest BCUT2D eigenvalue weighted by molar-refractivity contribution is 5.91. The van der Waals surface area contributed by atoms with Gasteiger partial charge in [0.1, 0.15) is 0 Å². The SMILES string of the molecule is CC(CO)N(C)C(=O)c1cnn(-c2ccccc2)n1. The molecule has 0 spiro atoms. The normalized spacial score (nSPS) is 12.2. The molecular weight excluding hydrogens is 244 g/mol. The highest BCUT2D eigenvalue weighted by atomic mass is 16.3. The molecule has 2 aromatic rings. The molecule has 100 valence electrons. The van der Waals surface area contributed by atoms with Crippen LogP contribution in [0, 0.1) is 0 Å². The van der Waals surface area contributed by atoms with Crippen molar-refractivity contribution in [1.29, 1.82) is 0 Å². The summed E-state index contributed by atoms with van der Waals surface area (Å²) in [6.45, 7) is 1.68. The summed E-state index contributed by atoms with van der Waals surface area (Å²) in [5.41, 5.74) is 1.05. The number of nitrogens with zero attached hydrogens (tertiary/aromatic N) is 4. The third-order valence-electron chi connectivity index (χ3n) is 2.94. The Morgan fingerprint density at radius 3 is 2.74 bits per heavy atom. The van der Waals surface area contributed by atoms with Gasteiger partial charge >= 0.3 is 0 Å². The zero-order valence-electron chi connectivity index (χ0n) is 10.9. The lowest BCUT2D eigenvalue weighted by Gasteiger charge is -2.21. The van der Waals surface area contributed by atoms with Gasteiger partial charge in [0.05, 0.1) is 24.5 Å². The maximum Gasteiger partial charge on any atom is 0.276 e. The minimum absolute atomic E-state index is 0.0882. The van der Waals surface area contributed by atoms with Crippen LogP contribution in [0.5, 0.6) is 0 Å². The lowest BCUT2D eigenvalue weighted by atomic mass is 10.3. The Hall–Kier alpha value is -2.21. The quantitative estimate of drug-likeness (QED) is 0.879. The predicted molar refractivity (Wildman–Crippen MR) is 70.0 cm³/mol. The standard InChI is InChI=1S/C13H16N4O2/c1-10(9-18)16(2)13(19)12-8-14-17(15-12)11-6-4-3-5-7-11/h3-8,10,18H,9H2,1-2H3. The van der Waals surface area contributed by atoms with Gasteiger partial charge in [0.2, 0.25) is 0 Å². The van der Waals surface area contributed by atoms with Crippen molar-refractivity contribution in [2.75, 3.05) is 13.7 Å². The first kappa shape index (κ1) is 13.2. The molecular formula is C13H16N4O2. The number of benzene rings is 1. The Bertz CT molecular complexity index is 553. The van der Waals surface area contributed by atoms with Crippen LogP contribution < -0.4 is 0 Å². The number of aromatic nitrogens is 3. The molecule has 0 radical (unpaired) electrons. The molecule has 0 saturated carbocycles. The van der Waals surface area contributed by atoms with Crippen LogP contribution in [-0.4, -0.2) is 50.6 Å². The summed E-state index contributed by atoms with van der Waals surface area (Å²) in [5, 5.41) is 17.3. The van der Waals surface area contributed by atoms with Crippen LogP contribution in [0.2, 0.25) is 0 Å². The fourth-order valence-electron chi connectivity index (χ4n) is 1.55. The second-order valence-electron chi connectivity index (χ2n) is 4.30. The molecule has 1 N–H and O–H groups in total. The lowest BCUT2D eigenvalue weighted by molar-refractivity contribution is 0.0676. The monoisotopic (exact) mass is 260 g/mol. The number of rotatable bonds is 4. The van der Waals surface area contributed by atoms with E-state index in [2.05, 4.69) is 10.2 Å². The molecule has 0 bridgehead atoms. The summed E-state index contributed by atoms with van der Waals surface area (Å²) in [7, 11) is 1.63. The first-order chi connectivity index (χ1) is 9.13. The van der Waals surface area contributed by atoms with E-state index in [1.54, 1.807) is 14.0 Å². The molecule has 0 aliphatic rings. The average Bonchev–Trinajstić information content (AvgIpc) is 2.95. The van der Waals surface area contributed by atoms with Crippen molar-refractivity contribution >= 4 is 5.91 Å². The zero-order valence-corrected chi connectivity index (χ0v) is 10.9. The molecule has 0 aliphatic carbocycles. The van der Waals surface area contributed by atoms with Gasteiger partial charge in [-0.1, -0.05) is 18.2 Å². The molecule has 19 heavy (non-hydrogen) atoms. The Morgan fingerprint density at radius 1 is 1.42 bits per heavy atom. The van der Waals surface area contributed by atoms with Gasteiger partial charge in [-0.2, -0.15) is 9.90 Å². The van der Waals surface area contributed by atoms with Crippen LogP contribution in [0.25, 0.3) is 5.69 Å². The van der Waals surface area contributed by atoms with Gasteiger partial charge in [-0.15, -0.1) is 5.10 Å². The van der Waals surface area contributed by atoms with Crippen molar-refractivity contribution in [2.24, 2.45) is 0 Å². The van der Waals surface area contributed by atoms with E-state index in [0.717, 1.165) is 5.69 Å². The molecule has 2 rings (SSSR count). The second kappa shape index (κ2) is 5.62. The molecule has 1 heterocycles. The summed E-state index contributed by atoms with van der Waals surface area (Å²) in [6, 6.07) is 9.10. The summed E-state index contributed by atoms with van der Waals surface area (Å²) >= 11 is 0. The molecule has 1 atom stereocenters. The van der Waals surface area contributed by atoms with E-state index < -0.39 is 0 Å². The van der Waals surface area contributed by atoms with E-state index in [9.17, 15) is 4.79 Å². The summed E-state index contributed by atoms with van der Waals surface area (Å²) in [4.78, 5) is 14.9. The fraction of sp³-hybridized carbons (Fsp3) is 0.308. The number of carbonyl (C=O) groups is 1. The van der Waals surface area contributed by atoms with Crippen molar-refractivity contribution in [3.63, 3.8) is 0 Å². The van der Waals surface area contributed by atoms with Crippen LogP contribution >= 0.6 is 0 Å². The highest BCUT2D eigenvalue weighted by Gasteiger charge is 2.19.